The molecule has 1 aromatic rings. The number of halogens is 5. The van der Waals surface area contributed by atoms with E-state index in [9.17, 15) is 32.1 Å². The van der Waals surface area contributed by atoms with Crippen LogP contribution in [0.2, 0.25) is 0 Å². The lowest BCUT2D eigenvalue weighted by atomic mass is 10.0. The van der Waals surface area contributed by atoms with Crippen LogP contribution in [0.15, 0.2) is 18.2 Å². The first-order chi connectivity index (χ1) is 9.11. The monoisotopic (exact) mass is 297 g/mol. The maximum Gasteiger partial charge on any atom is 0.458 e. The summed E-state index contributed by atoms with van der Waals surface area (Å²) in [6.07, 6.45) is -4.23. The van der Waals surface area contributed by atoms with Gasteiger partial charge in [0.1, 0.15) is 0 Å². The molecule has 0 aliphatic heterocycles. The SMILES string of the molecule is CCCCc1ccc(C(F)(F)C(F)(F)F)cc1[N+](=O)[O-]. The first kappa shape index (κ1) is 16.3. The van der Waals surface area contributed by atoms with E-state index in [4.69, 9.17) is 0 Å². The van der Waals surface area contributed by atoms with Gasteiger partial charge in [-0.05, 0) is 12.8 Å². The molecule has 0 aliphatic carbocycles. The standard InChI is InChI=1S/C12H12F5NO2/c1-2-3-4-8-5-6-9(7-10(8)18(19)20)11(13,14)12(15,16)17/h5-7H,2-4H2,1H3. The molecule has 0 saturated carbocycles. The largest absolute Gasteiger partial charge is 0.458 e. The van der Waals surface area contributed by atoms with Gasteiger partial charge in [-0.1, -0.05) is 25.5 Å². The Morgan fingerprint density at radius 1 is 1.20 bits per heavy atom. The lowest BCUT2D eigenvalue weighted by molar-refractivity contribution is -0.385. The number of hydrogen-bond donors (Lipinski definition) is 0. The summed E-state index contributed by atoms with van der Waals surface area (Å²) in [5.41, 5.74) is -1.98. The van der Waals surface area contributed by atoms with Crippen molar-refractivity contribution >= 4 is 5.69 Å². The maximum atomic E-state index is 13.1. The van der Waals surface area contributed by atoms with Crippen LogP contribution < -0.4 is 0 Å². The fourth-order valence-corrected chi connectivity index (χ4v) is 1.67. The van der Waals surface area contributed by atoms with Gasteiger partial charge in [0.05, 0.1) is 4.92 Å². The number of nitro groups is 1. The summed E-state index contributed by atoms with van der Waals surface area (Å²) in [5, 5.41) is 10.8. The number of hydrogen-bond acceptors (Lipinski definition) is 2. The molecule has 0 atom stereocenters. The van der Waals surface area contributed by atoms with E-state index in [0.29, 0.717) is 18.6 Å². The first-order valence-electron chi connectivity index (χ1n) is 5.83. The molecule has 0 bridgehead atoms. The molecule has 0 aromatic heterocycles. The van der Waals surface area contributed by atoms with Gasteiger partial charge >= 0.3 is 12.1 Å². The molecule has 0 N–H and O–H groups in total. The third-order valence-electron chi connectivity index (χ3n) is 2.80. The minimum absolute atomic E-state index is 0.151. The molecule has 112 valence electrons. The average molecular weight is 297 g/mol. The summed E-state index contributed by atoms with van der Waals surface area (Å²) in [6.45, 7) is 1.83. The topological polar surface area (TPSA) is 43.1 Å². The molecule has 0 unspecified atom stereocenters. The van der Waals surface area contributed by atoms with Crippen molar-refractivity contribution in [2.45, 2.75) is 38.3 Å². The number of rotatable bonds is 5. The highest BCUT2D eigenvalue weighted by Crippen LogP contribution is 2.44. The molecule has 20 heavy (non-hydrogen) atoms. The van der Waals surface area contributed by atoms with Crippen molar-refractivity contribution in [3.63, 3.8) is 0 Å². The van der Waals surface area contributed by atoms with E-state index in [0.717, 1.165) is 12.5 Å². The van der Waals surface area contributed by atoms with Crippen LogP contribution in [0.1, 0.15) is 30.9 Å². The van der Waals surface area contributed by atoms with E-state index in [1.807, 2.05) is 6.92 Å². The summed E-state index contributed by atoms with van der Waals surface area (Å²) in [5.74, 6) is -5.11. The van der Waals surface area contributed by atoms with Crippen molar-refractivity contribution < 1.29 is 26.9 Å². The Morgan fingerprint density at radius 3 is 2.25 bits per heavy atom. The summed E-state index contributed by atoms with van der Waals surface area (Å²) in [4.78, 5) is 9.85. The van der Waals surface area contributed by atoms with E-state index in [2.05, 4.69) is 0 Å². The van der Waals surface area contributed by atoms with Crippen LogP contribution in [-0.4, -0.2) is 11.1 Å². The van der Waals surface area contributed by atoms with E-state index in [1.54, 1.807) is 0 Å². The number of aryl methyl sites for hydroxylation is 1. The van der Waals surface area contributed by atoms with Gasteiger partial charge in [-0.25, -0.2) is 0 Å². The van der Waals surface area contributed by atoms with Gasteiger partial charge in [-0.2, -0.15) is 22.0 Å². The second-order valence-corrected chi connectivity index (χ2v) is 4.28. The number of benzene rings is 1. The number of unbranched alkanes of at least 4 members (excludes halogenated alkanes) is 1. The third-order valence-corrected chi connectivity index (χ3v) is 2.80. The lowest BCUT2D eigenvalue weighted by Crippen LogP contribution is -2.33. The van der Waals surface area contributed by atoms with Crippen LogP contribution in [-0.2, 0) is 12.3 Å². The van der Waals surface area contributed by atoms with Crippen LogP contribution in [0, 0.1) is 10.1 Å². The van der Waals surface area contributed by atoms with Gasteiger partial charge in [-0.3, -0.25) is 10.1 Å². The molecule has 0 spiro atoms. The Bertz CT molecular complexity index is 499. The zero-order valence-corrected chi connectivity index (χ0v) is 10.5. The second kappa shape index (κ2) is 5.72. The van der Waals surface area contributed by atoms with Crippen LogP contribution >= 0.6 is 0 Å². The van der Waals surface area contributed by atoms with Gasteiger partial charge in [-0.15, -0.1) is 0 Å². The molecule has 1 aromatic carbocycles. The molecule has 0 aliphatic rings. The molecule has 0 heterocycles. The minimum Gasteiger partial charge on any atom is -0.258 e. The summed E-state index contributed by atoms with van der Waals surface area (Å²) in [6, 6.07) is 1.85. The predicted molar refractivity (Wildman–Crippen MR) is 61.7 cm³/mol. The van der Waals surface area contributed by atoms with Crippen molar-refractivity contribution in [3.8, 4) is 0 Å². The molecule has 0 fully saturated rings. The van der Waals surface area contributed by atoms with Crippen molar-refractivity contribution in [1.82, 2.24) is 0 Å². The van der Waals surface area contributed by atoms with Crippen LogP contribution in [0.4, 0.5) is 27.6 Å². The van der Waals surface area contributed by atoms with E-state index in [1.165, 1.54) is 0 Å². The smallest absolute Gasteiger partial charge is 0.258 e. The molecule has 8 heteroatoms. The summed E-state index contributed by atoms with van der Waals surface area (Å²) in [7, 11) is 0. The van der Waals surface area contributed by atoms with Crippen LogP contribution in [0.5, 0.6) is 0 Å². The third kappa shape index (κ3) is 3.23. The zero-order chi connectivity index (χ0) is 15.6. The van der Waals surface area contributed by atoms with Crippen LogP contribution in [0.3, 0.4) is 0 Å². The highest BCUT2D eigenvalue weighted by molar-refractivity contribution is 5.45. The van der Waals surface area contributed by atoms with Gasteiger partial charge in [0.15, 0.2) is 0 Å². The Hall–Kier alpha value is -1.73. The Kier molecular flexibility index (Phi) is 4.67. The van der Waals surface area contributed by atoms with E-state index < -0.39 is 28.3 Å². The quantitative estimate of drug-likeness (QED) is 0.453. The maximum absolute atomic E-state index is 13.1. The number of alkyl halides is 5. The first-order valence-corrected chi connectivity index (χ1v) is 5.83. The molecular formula is C12H12F5NO2. The molecule has 1 rings (SSSR count). The fourth-order valence-electron chi connectivity index (χ4n) is 1.67. The highest BCUT2D eigenvalue weighted by atomic mass is 19.4. The fraction of sp³-hybridized carbons (Fsp3) is 0.500. The summed E-state index contributed by atoms with van der Waals surface area (Å²) < 4.78 is 63.0. The second-order valence-electron chi connectivity index (χ2n) is 4.28. The average Bonchev–Trinajstić information content (AvgIpc) is 2.34. The highest BCUT2D eigenvalue weighted by Gasteiger charge is 2.59. The normalized spacial score (nSPS) is 12.5. The van der Waals surface area contributed by atoms with Crippen LogP contribution in [0.25, 0.3) is 0 Å². The van der Waals surface area contributed by atoms with Gasteiger partial charge in [0.2, 0.25) is 0 Å². The summed E-state index contributed by atoms with van der Waals surface area (Å²) >= 11 is 0. The predicted octanol–water partition coefficient (Wildman–Crippen LogP) is 4.59. The Balaban J connectivity index is 3.27. The molecule has 0 saturated heterocycles. The van der Waals surface area contributed by atoms with Gasteiger partial charge in [0, 0.05) is 17.2 Å². The van der Waals surface area contributed by atoms with Gasteiger partial charge in [0.25, 0.3) is 5.69 Å². The number of nitrogens with zero attached hydrogens (tertiary/aromatic N) is 1. The van der Waals surface area contributed by atoms with Gasteiger partial charge < -0.3 is 0 Å². The minimum atomic E-state index is -5.79. The lowest BCUT2D eigenvalue weighted by Gasteiger charge is -2.20. The Labute approximate surface area is 111 Å². The van der Waals surface area contributed by atoms with Crippen molar-refractivity contribution in [3.05, 3.63) is 39.4 Å². The van der Waals surface area contributed by atoms with Crippen molar-refractivity contribution in [2.75, 3.05) is 0 Å². The molecule has 0 amide bonds. The molecule has 3 nitrogen and oxygen atoms in total. The van der Waals surface area contributed by atoms with E-state index in [-0.39, 0.29) is 12.0 Å². The number of nitro benzene ring substituents is 1. The van der Waals surface area contributed by atoms with Crippen molar-refractivity contribution in [2.24, 2.45) is 0 Å². The van der Waals surface area contributed by atoms with E-state index >= 15 is 0 Å². The Morgan fingerprint density at radius 2 is 1.80 bits per heavy atom. The molecular weight excluding hydrogens is 285 g/mol. The molecule has 0 radical (unpaired) electrons. The van der Waals surface area contributed by atoms with Crippen molar-refractivity contribution in [1.29, 1.82) is 0 Å². The zero-order valence-electron chi connectivity index (χ0n) is 10.5.